The number of hydrogen-bond acceptors (Lipinski definition) is 8. The molecule has 0 radical (unpaired) electrons. The zero-order chi connectivity index (χ0) is 22.4. The Hall–Kier alpha value is -4.21. The summed E-state index contributed by atoms with van der Waals surface area (Å²) in [6, 6.07) is 12.7. The lowest BCUT2D eigenvalue weighted by Gasteiger charge is -2.12. The maximum absolute atomic E-state index is 11.3. The Morgan fingerprint density at radius 1 is 0.968 bits per heavy atom. The van der Waals surface area contributed by atoms with Gasteiger partial charge < -0.3 is 9.47 Å². The first-order valence-corrected chi connectivity index (χ1v) is 9.48. The number of hydrazone groups is 1. The van der Waals surface area contributed by atoms with Crippen LogP contribution in [-0.4, -0.2) is 29.3 Å². The minimum absolute atomic E-state index is 0.0278. The number of benzene rings is 3. The van der Waals surface area contributed by atoms with Crippen molar-refractivity contribution >= 4 is 34.0 Å². The van der Waals surface area contributed by atoms with Crippen LogP contribution in [0.25, 0.3) is 10.8 Å². The highest BCUT2D eigenvalue weighted by atomic mass is 16.6. The van der Waals surface area contributed by atoms with Gasteiger partial charge in [0.2, 0.25) is 0 Å². The third-order valence-electron chi connectivity index (χ3n) is 4.37. The number of hydrogen-bond donors (Lipinski definition) is 1. The van der Waals surface area contributed by atoms with Crippen molar-refractivity contribution in [2.24, 2.45) is 5.10 Å². The Morgan fingerprint density at radius 3 is 2.39 bits per heavy atom. The van der Waals surface area contributed by atoms with Gasteiger partial charge in [0.15, 0.2) is 0 Å². The summed E-state index contributed by atoms with van der Waals surface area (Å²) in [6.07, 6.45) is 1.49. The Balaban J connectivity index is 2.00. The number of nitrogens with one attached hydrogen (secondary N) is 1. The van der Waals surface area contributed by atoms with Crippen LogP contribution in [0.2, 0.25) is 0 Å². The highest BCUT2D eigenvalue weighted by Crippen LogP contribution is 2.31. The molecule has 0 saturated heterocycles. The summed E-state index contributed by atoms with van der Waals surface area (Å²) in [5.41, 5.74) is 2.47. The van der Waals surface area contributed by atoms with Gasteiger partial charge in [0.25, 0.3) is 5.69 Å². The molecule has 3 aromatic rings. The SMILES string of the molecule is CCOc1ccc2ccc(OCC)c(/C=N/Nc3ccc([N+](=O)[O-])cc3[N+](=O)[O-])c2c1. The first-order valence-electron chi connectivity index (χ1n) is 9.48. The lowest BCUT2D eigenvalue weighted by atomic mass is 10.0. The van der Waals surface area contributed by atoms with Crippen molar-refractivity contribution in [3.8, 4) is 11.5 Å². The molecule has 10 heteroatoms. The molecule has 0 aliphatic carbocycles. The van der Waals surface area contributed by atoms with Crippen LogP contribution in [0.3, 0.4) is 0 Å². The van der Waals surface area contributed by atoms with Gasteiger partial charge in [0.05, 0.1) is 35.3 Å². The second kappa shape index (κ2) is 9.53. The summed E-state index contributed by atoms with van der Waals surface area (Å²) in [5, 5.41) is 28.1. The van der Waals surface area contributed by atoms with E-state index in [2.05, 4.69) is 10.5 Å². The third-order valence-corrected chi connectivity index (χ3v) is 4.37. The van der Waals surface area contributed by atoms with Crippen LogP contribution < -0.4 is 14.9 Å². The second-order valence-electron chi connectivity index (χ2n) is 6.31. The normalized spacial score (nSPS) is 10.9. The van der Waals surface area contributed by atoms with Crippen LogP contribution in [0.1, 0.15) is 19.4 Å². The van der Waals surface area contributed by atoms with Crippen LogP contribution >= 0.6 is 0 Å². The molecule has 10 nitrogen and oxygen atoms in total. The van der Waals surface area contributed by atoms with Crippen molar-refractivity contribution in [1.82, 2.24) is 0 Å². The van der Waals surface area contributed by atoms with Gasteiger partial charge in [0.1, 0.15) is 17.2 Å². The summed E-state index contributed by atoms with van der Waals surface area (Å²) >= 11 is 0. The van der Waals surface area contributed by atoms with E-state index in [0.29, 0.717) is 30.3 Å². The topological polar surface area (TPSA) is 129 Å². The van der Waals surface area contributed by atoms with Crippen LogP contribution in [0.15, 0.2) is 53.6 Å². The maximum atomic E-state index is 11.3. The number of nitro benzene ring substituents is 2. The lowest BCUT2D eigenvalue weighted by molar-refractivity contribution is -0.393. The first-order chi connectivity index (χ1) is 14.9. The molecule has 0 bridgehead atoms. The van der Waals surface area contributed by atoms with Crippen molar-refractivity contribution in [2.75, 3.05) is 18.6 Å². The molecular weight excluding hydrogens is 404 g/mol. The molecule has 0 atom stereocenters. The van der Waals surface area contributed by atoms with Crippen molar-refractivity contribution in [2.45, 2.75) is 13.8 Å². The average Bonchev–Trinajstić information content (AvgIpc) is 2.75. The van der Waals surface area contributed by atoms with Gasteiger partial charge in [-0.25, -0.2) is 0 Å². The number of nitrogens with zero attached hydrogens (tertiary/aromatic N) is 3. The largest absolute Gasteiger partial charge is 0.494 e. The monoisotopic (exact) mass is 424 g/mol. The highest BCUT2D eigenvalue weighted by molar-refractivity contribution is 6.03. The van der Waals surface area contributed by atoms with Crippen molar-refractivity contribution in [1.29, 1.82) is 0 Å². The molecule has 0 aliphatic heterocycles. The van der Waals surface area contributed by atoms with Crippen molar-refractivity contribution in [3.05, 3.63) is 74.3 Å². The predicted molar refractivity (Wildman–Crippen MR) is 117 cm³/mol. The molecule has 0 heterocycles. The number of nitro groups is 2. The summed E-state index contributed by atoms with van der Waals surface area (Å²) < 4.78 is 11.3. The van der Waals surface area contributed by atoms with E-state index in [1.807, 2.05) is 44.2 Å². The van der Waals surface area contributed by atoms with E-state index in [1.54, 1.807) is 0 Å². The van der Waals surface area contributed by atoms with Crippen LogP contribution in [0, 0.1) is 20.2 Å². The number of anilines is 1. The van der Waals surface area contributed by atoms with Gasteiger partial charge in [-0.2, -0.15) is 5.10 Å². The summed E-state index contributed by atoms with van der Waals surface area (Å²) in [6.45, 7) is 4.72. The number of rotatable bonds is 9. The standard InChI is InChI=1S/C21H20N4O6/c1-3-30-16-8-5-14-6-10-21(31-4-2)18(17(14)12-16)13-22-23-19-9-7-15(24(26)27)11-20(19)25(28)29/h5-13,23H,3-4H2,1-2H3/b22-13+. The Morgan fingerprint density at radius 2 is 1.71 bits per heavy atom. The van der Waals surface area contributed by atoms with E-state index in [9.17, 15) is 20.2 Å². The van der Waals surface area contributed by atoms with Gasteiger partial charge in [-0.05, 0) is 48.9 Å². The van der Waals surface area contributed by atoms with E-state index >= 15 is 0 Å². The molecule has 31 heavy (non-hydrogen) atoms. The quantitative estimate of drug-likeness (QED) is 0.294. The van der Waals surface area contributed by atoms with Crippen LogP contribution in [-0.2, 0) is 0 Å². The zero-order valence-electron chi connectivity index (χ0n) is 16.9. The van der Waals surface area contributed by atoms with E-state index in [-0.39, 0.29) is 11.4 Å². The minimum Gasteiger partial charge on any atom is -0.494 e. The Bertz CT molecular complexity index is 1160. The van der Waals surface area contributed by atoms with E-state index in [1.165, 1.54) is 18.3 Å². The van der Waals surface area contributed by atoms with E-state index in [0.717, 1.165) is 16.8 Å². The predicted octanol–water partition coefficient (Wildman–Crippen LogP) is 4.90. The number of ether oxygens (including phenoxy) is 2. The highest BCUT2D eigenvalue weighted by Gasteiger charge is 2.19. The fourth-order valence-corrected chi connectivity index (χ4v) is 3.02. The molecule has 0 amide bonds. The molecule has 0 saturated carbocycles. The van der Waals surface area contributed by atoms with Gasteiger partial charge >= 0.3 is 5.69 Å². The first kappa shape index (κ1) is 21.5. The van der Waals surface area contributed by atoms with Gasteiger partial charge in [-0.1, -0.05) is 12.1 Å². The molecule has 0 aromatic heterocycles. The summed E-state index contributed by atoms with van der Waals surface area (Å²) in [7, 11) is 0. The fraction of sp³-hybridized carbons (Fsp3) is 0.190. The average molecular weight is 424 g/mol. The van der Waals surface area contributed by atoms with Gasteiger partial charge in [-0.15, -0.1) is 0 Å². The minimum atomic E-state index is -0.706. The zero-order valence-corrected chi connectivity index (χ0v) is 16.9. The Labute approximate surface area is 177 Å². The summed E-state index contributed by atoms with van der Waals surface area (Å²) in [5.74, 6) is 1.28. The van der Waals surface area contributed by atoms with Crippen molar-refractivity contribution in [3.63, 3.8) is 0 Å². The molecule has 3 rings (SSSR count). The smallest absolute Gasteiger partial charge is 0.301 e. The molecular formula is C21H20N4O6. The van der Waals surface area contributed by atoms with Gasteiger partial charge in [-0.3, -0.25) is 25.7 Å². The third kappa shape index (κ3) is 4.86. The van der Waals surface area contributed by atoms with Crippen molar-refractivity contribution < 1.29 is 19.3 Å². The lowest BCUT2D eigenvalue weighted by Crippen LogP contribution is -2.01. The molecule has 0 fully saturated rings. The molecule has 0 spiro atoms. The number of fused-ring (bicyclic) bond motifs is 1. The molecule has 0 unspecified atom stereocenters. The molecule has 160 valence electrons. The van der Waals surface area contributed by atoms with Gasteiger partial charge in [0, 0.05) is 11.6 Å². The van der Waals surface area contributed by atoms with Crippen LogP contribution in [0.5, 0.6) is 11.5 Å². The fourth-order valence-electron chi connectivity index (χ4n) is 3.02. The van der Waals surface area contributed by atoms with Crippen LogP contribution in [0.4, 0.5) is 17.1 Å². The van der Waals surface area contributed by atoms with E-state index in [4.69, 9.17) is 9.47 Å². The number of non-ortho nitro benzene ring substituents is 1. The molecule has 3 aromatic carbocycles. The summed E-state index contributed by atoms with van der Waals surface area (Å²) in [4.78, 5) is 20.8. The van der Waals surface area contributed by atoms with E-state index < -0.39 is 15.5 Å². The molecule has 0 aliphatic rings. The Kier molecular flexibility index (Phi) is 6.61. The maximum Gasteiger partial charge on any atom is 0.301 e. The molecule has 1 N–H and O–H groups in total. The second-order valence-corrected chi connectivity index (χ2v) is 6.31.